The maximum Gasteiger partial charge on any atom is 0.193 e. The number of methoxy groups -OCH3 is 1. The van der Waals surface area contributed by atoms with Gasteiger partial charge in [0.05, 0.1) is 7.11 Å². The number of hydrogen-bond donors (Lipinski definition) is 1. The summed E-state index contributed by atoms with van der Waals surface area (Å²) in [5, 5.41) is 3.47. The number of rotatable bonds is 5. The molecular formula is C19H29N3O. The Morgan fingerprint density at radius 3 is 2.78 bits per heavy atom. The molecule has 4 heteroatoms. The van der Waals surface area contributed by atoms with Crippen LogP contribution in [0.15, 0.2) is 29.3 Å². The topological polar surface area (TPSA) is 36.9 Å². The van der Waals surface area contributed by atoms with Gasteiger partial charge >= 0.3 is 0 Å². The van der Waals surface area contributed by atoms with Gasteiger partial charge in [-0.15, -0.1) is 0 Å². The minimum atomic E-state index is 0.610. The Balaban J connectivity index is 1.60. The fourth-order valence-electron chi connectivity index (χ4n) is 3.82. The summed E-state index contributed by atoms with van der Waals surface area (Å²) in [6.07, 6.45) is 6.48. The average Bonchev–Trinajstić information content (AvgIpc) is 3.00. The summed E-state index contributed by atoms with van der Waals surface area (Å²) in [4.78, 5) is 7.33. The van der Waals surface area contributed by atoms with Crippen molar-refractivity contribution in [2.45, 2.75) is 39.0 Å². The number of benzene rings is 1. The van der Waals surface area contributed by atoms with Crippen molar-refractivity contribution >= 4 is 5.96 Å². The third-order valence-corrected chi connectivity index (χ3v) is 5.32. The molecule has 2 fully saturated rings. The van der Waals surface area contributed by atoms with E-state index in [9.17, 15) is 0 Å². The molecule has 0 aromatic heterocycles. The standard InChI is InChI=1S/C19H29N3O/c1-3-20-18(22-14-12-19(15-22)10-6-11-19)21-13-9-16-7-4-5-8-17(16)23-2/h4-5,7-8H,3,6,9-15H2,1-2H3,(H,20,21). The second-order valence-electron chi connectivity index (χ2n) is 6.82. The van der Waals surface area contributed by atoms with Crippen LogP contribution in [0.4, 0.5) is 0 Å². The molecule has 1 spiro atoms. The van der Waals surface area contributed by atoms with Crippen molar-refractivity contribution in [3.8, 4) is 5.75 Å². The van der Waals surface area contributed by atoms with Crippen LogP contribution in [0, 0.1) is 5.41 Å². The molecule has 23 heavy (non-hydrogen) atoms. The lowest BCUT2D eigenvalue weighted by Gasteiger charge is -2.38. The molecule has 4 nitrogen and oxygen atoms in total. The summed E-state index contributed by atoms with van der Waals surface area (Å²) in [6.45, 7) is 6.21. The van der Waals surface area contributed by atoms with E-state index >= 15 is 0 Å². The lowest BCUT2D eigenvalue weighted by atomic mass is 9.68. The molecule has 0 radical (unpaired) electrons. The summed E-state index contributed by atoms with van der Waals surface area (Å²) in [7, 11) is 1.73. The molecule has 3 rings (SSSR count). The van der Waals surface area contributed by atoms with Crippen LogP contribution >= 0.6 is 0 Å². The quantitative estimate of drug-likeness (QED) is 0.670. The monoisotopic (exact) mass is 315 g/mol. The second kappa shape index (κ2) is 7.24. The fraction of sp³-hybridized carbons (Fsp3) is 0.632. The Kier molecular flexibility index (Phi) is 5.09. The summed E-state index contributed by atoms with van der Waals surface area (Å²) in [5.41, 5.74) is 1.84. The van der Waals surface area contributed by atoms with Gasteiger partial charge in [-0.3, -0.25) is 4.99 Å². The van der Waals surface area contributed by atoms with E-state index < -0.39 is 0 Å². The second-order valence-corrected chi connectivity index (χ2v) is 6.82. The molecule has 2 aliphatic rings. The van der Waals surface area contributed by atoms with Gasteiger partial charge in [-0.05, 0) is 49.7 Å². The number of para-hydroxylation sites is 1. The number of nitrogens with one attached hydrogen (secondary N) is 1. The first-order valence-electron chi connectivity index (χ1n) is 8.91. The lowest BCUT2D eigenvalue weighted by Crippen LogP contribution is -2.42. The summed E-state index contributed by atoms with van der Waals surface area (Å²) in [5.74, 6) is 2.05. The van der Waals surface area contributed by atoms with Crippen LogP contribution in [0.25, 0.3) is 0 Å². The molecule has 1 saturated heterocycles. The summed E-state index contributed by atoms with van der Waals surface area (Å²) < 4.78 is 5.43. The van der Waals surface area contributed by atoms with Gasteiger partial charge in [0.25, 0.3) is 0 Å². The Morgan fingerprint density at radius 2 is 2.13 bits per heavy atom. The molecule has 0 amide bonds. The molecular weight excluding hydrogens is 286 g/mol. The highest BCUT2D eigenvalue weighted by atomic mass is 16.5. The van der Waals surface area contributed by atoms with Crippen LogP contribution in [0.5, 0.6) is 5.75 Å². The molecule has 1 aliphatic carbocycles. The average molecular weight is 315 g/mol. The molecule has 0 unspecified atom stereocenters. The zero-order chi connectivity index (χ0) is 16.1. The van der Waals surface area contributed by atoms with Crippen molar-refractivity contribution in [2.75, 3.05) is 33.3 Å². The van der Waals surface area contributed by atoms with Crippen molar-refractivity contribution in [3.05, 3.63) is 29.8 Å². The zero-order valence-electron chi connectivity index (χ0n) is 14.5. The Labute approximate surface area is 139 Å². The van der Waals surface area contributed by atoms with Crippen molar-refractivity contribution in [1.82, 2.24) is 10.2 Å². The normalized spacial score (nSPS) is 19.7. The third-order valence-electron chi connectivity index (χ3n) is 5.32. The van der Waals surface area contributed by atoms with Crippen molar-refractivity contribution in [1.29, 1.82) is 0 Å². The number of ether oxygens (including phenoxy) is 1. The van der Waals surface area contributed by atoms with E-state index in [1.54, 1.807) is 7.11 Å². The van der Waals surface area contributed by atoms with E-state index in [0.717, 1.165) is 37.8 Å². The fourth-order valence-corrected chi connectivity index (χ4v) is 3.82. The summed E-state index contributed by atoms with van der Waals surface area (Å²) >= 11 is 0. The molecule has 1 N–H and O–H groups in total. The highest BCUT2D eigenvalue weighted by Gasteiger charge is 2.43. The van der Waals surface area contributed by atoms with E-state index in [1.807, 2.05) is 12.1 Å². The largest absolute Gasteiger partial charge is 0.496 e. The van der Waals surface area contributed by atoms with Gasteiger partial charge in [0.1, 0.15) is 5.75 Å². The highest BCUT2D eigenvalue weighted by molar-refractivity contribution is 5.80. The zero-order valence-corrected chi connectivity index (χ0v) is 14.5. The van der Waals surface area contributed by atoms with Crippen LogP contribution < -0.4 is 10.1 Å². The number of nitrogens with zero attached hydrogens (tertiary/aromatic N) is 2. The Hall–Kier alpha value is -1.71. The maximum atomic E-state index is 5.43. The van der Waals surface area contributed by atoms with Gasteiger partial charge in [0.2, 0.25) is 0 Å². The number of hydrogen-bond acceptors (Lipinski definition) is 2. The Morgan fingerprint density at radius 1 is 1.30 bits per heavy atom. The van der Waals surface area contributed by atoms with Crippen LogP contribution in [-0.2, 0) is 6.42 Å². The van der Waals surface area contributed by atoms with Gasteiger partial charge in [0.15, 0.2) is 5.96 Å². The van der Waals surface area contributed by atoms with E-state index in [0.29, 0.717) is 5.41 Å². The smallest absolute Gasteiger partial charge is 0.193 e. The molecule has 1 aromatic rings. The first kappa shape index (κ1) is 16.2. The van der Waals surface area contributed by atoms with E-state index in [-0.39, 0.29) is 0 Å². The molecule has 126 valence electrons. The van der Waals surface area contributed by atoms with Gasteiger partial charge in [-0.1, -0.05) is 24.6 Å². The van der Waals surface area contributed by atoms with Crippen LogP contribution in [0.1, 0.15) is 38.2 Å². The predicted octanol–water partition coefficient (Wildman–Crippen LogP) is 3.08. The molecule has 1 heterocycles. The predicted molar refractivity (Wildman–Crippen MR) is 95.2 cm³/mol. The molecule has 0 bridgehead atoms. The third kappa shape index (κ3) is 3.62. The Bertz CT molecular complexity index is 551. The van der Waals surface area contributed by atoms with Crippen LogP contribution in [-0.4, -0.2) is 44.1 Å². The first-order valence-corrected chi connectivity index (χ1v) is 8.91. The van der Waals surface area contributed by atoms with Gasteiger partial charge in [-0.25, -0.2) is 0 Å². The van der Waals surface area contributed by atoms with Gasteiger partial charge < -0.3 is 15.0 Å². The molecule has 1 aromatic carbocycles. The van der Waals surface area contributed by atoms with Crippen molar-refractivity contribution in [3.63, 3.8) is 0 Å². The van der Waals surface area contributed by atoms with Crippen molar-refractivity contribution in [2.24, 2.45) is 10.4 Å². The first-order chi connectivity index (χ1) is 11.3. The number of guanidine groups is 1. The molecule has 1 saturated carbocycles. The SMILES string of the molecule is CCNC(=NCCc1ccccc1OC)N1CCC2(CCC2)C1. The molecule has 0 atom stereocenters. The van der Waals surface area contributed by atoms with Crippen molar-refractivity contribution < 1.29 is 4.74 Å². The maximum absolute atomic E-state index is 5.43. The van der Waals surface area contributed by atoms with E-state index in [1.165, 1.54) is 37.8 Å². The minimum absolute atomic E-state index is 0.610. The van der Waals surface area contributed by atoms with Crippen LogP contribution in [0.3, 0.4) is 0 Å². The number of likely N-dealkylation sites (tertiary alicyclic amines) is 1. The number of aliphatic imine (C=N–C) groups is 1. The van der Waals surface area contributed by atoms with Gasteiger partial charge in [-0.2, -0.15) is 0 Å². The van der Waals surface area contributed by atoms with E-state index in [2.05, 4.69) is 29.3 Å². The van der Waals surface area contributed by atoms with Crippen LogP contribution in [0.2, 0.25) is 0 Å². The lowest BCUT2D eigenvalue weighted by molar-refractivity contribution is 0.151. The molecule has 1 aliphatic heterocycles. The highest BCUT2D eigenvalue weighted by Crippen LogP contribution is 2.47. The minimum Gasteiger partial charge on any atom is -0.496 e. The van der Waals surface area contributed by atoms with E-state index in [4.69, 9.17) is 9.73 Å². The van der Waals surface area contributed by atoms with Gasteiger partial charge in [0, 0.05) is 26.2 Å². The summed E-state index contributed by atoms with van der Waals surface area (Å²) in [6, 6.07) is 8.22.